The van der Waals surface area contributed by atoms with Gasteiger partial charge in [0.05, 0.1) is 0 Å². The number of carboxylic acids is 1. The Bertz CT molecular complexity index is 482. The van der Waals surface area contributed by atoms with Crippen molar-refractivity contribution in [2.45, 2.75) is 0 Å². The SMILES string of the molecule is O=C(O)c1cc2c(Br)ccc(F)c2[se]1. The maximum atomic E-state index is 13.3. The van der Waals surface area contributed by atoms with Gasteiger partial charge in [-0.15, -0.1) is 0 Å². The molecule has 0 saturated carbocycles. The van der Waals surface area contributed by atoms with Crippen molar-refractivity contribution in [1.82, 2.24) is 0 Å². The van der Waals surface area contributed by atoms with Crippen LogP contribution in [0.1, 0.15) is 9.23 Å². The predicted octanol–water partition coefficient (Wildman–Crippen LogP) is 2.50. The van der Waals surface area contributed by atoms with Crippen LogP contribution < -0.4 is 0 Å². The zero-order valence-electron chi connectivity index (χ0n) is 6.75. The fourth-order valence-electron chi connectivity index (χ4n) is 1.16. The Balaban J connectivity index is 2.82. The Labute approximate surface area is 93.2 Å². The van der Waals surface area contributed by atoms with Gasteiger partial charge in [0.15, 0.2) is 0 Å². The Hall–Kier alpha value is -0.641. The number of aromatic carboxylic acids is 1. The summed E-state index contributed by atoms with van der Waals surface area (Å²) in [5.74, 6) is -1.29. The molecular weight excluding hydrogens is 318 g/mol. The molecule has 1 N–H and O–H groups in total. The van der Waals surface area contributed by atoms with Gasteiger partial charge in [-0.1, -0.05) is 0 Å². The van der Waals surface area contributed by atoms with Crippen LogP contribution in [0.15, 0.2) is 22.7 Å². The summed E-state index contributed by atoms with van der Waals surface area (Å²) in [7, 11) is 0. The van der Waals surface area contributed by atoms with E-state index in [2.05, 4.69) is 15.9 Å². The van der Waals surface area contributed by atoms with Gasteiger partial charge in [0.1, 0.15) is 0 Å². The van der Waals surface area contributed by atoms with Gasteiger partial charge in [-0.3, -0.25) is 0 Å². The molecule has 14 heavy (non-hydrogen) atoms. The minimum atomic E-state index is -0.965. The topological polar surface area (TPSA) is 37.3 Å². The zero-order valence-corrected chi connectivity index (χ0v) is 10.1. The molecule has 2 aromatic rings. The Morgan fingerprint density at radius 3 is 2.79 bits per heavy atom. The Kier molecular flexibility index (Phi) is 2.47. The molecule has 0 fully saturated rings. The number of carboxylic acid groups (broad SMARTS) is 1. The fourth-order valence-corrected chi connectivity index (χ4v) is 3.85. The Morgan fingerprint density at radius 1 is 1.50 bits per heavy atom. The maximum absolute atomic E-state index is 13.3. The van der Waals surface area contributed by atoms with Crippen LogP contribution in [0.5, 0.6) is 0 Å². The summed E-state index contributed by atoms with van der Waals surface area (Å²) in [6.07, 6.45) is 0. The van der Waals surface area contributed by atoms with Gasteiger partial charge in [-0.2, -0.15) is 0 Å². The van der Waals surface area contributed by atoms with E-state index in [4.69, 9.17) is 5.11 Å². The van der Waals surface area contributed by atoms with Crippen molar-refractivity contribution in [2.75, 3.05) is 0 Å². The van der Waals surface area contributed by atoms with Crippen molar-refractivity contribution in [3.63, 3.8) is 0 Å². The van der Waals surface area contributed by atoms with E-state index < -0.39 is 20.5 Å². The molecule has 0 bridgehead atoms. The van der Waals surface area contributed by atoms with Gasteiger partial charge < -0.3 is 0 Å². The first-order valence-electron chi connectivity index (χ1n) is 3.70. The van der Waals surface area contributed by atoms with Crippen molar-refractivity contribution in [1.29, 1.82) is 0 Å². The number of carbonyl (C=O) groups is 1. The molecule has 0 spiro atoms. The third kappa shape index (κ3) is 1.52. The molecule has 0 amide bonds. The molecule has 0 saturated heterocycles. The number of hydrogen-bond donors (Lipinski definition) is 1. The van der Waals surface area contributed by atoms with Crippen molar-refractivity contribution in [3.05, 3.63) is 32.9 Å². The van der Waals surface area contributed by atoms with Crippen LogP contribution in [0.4, 0.5) is 4.39 Å². The van der Waals surface area contributed by atoms with E-state index in [-0.39, 0.29) is 5.82 Å². The third-order valence-corrected chi connectivity index (χ3v) is 4.86. The van der Waals surface area contributed by atoms with Gasteiger partial charge in [0, 0.05) is 0 Å². The van der Waals surface area contributed by atoms with E-state index in [0.29, 0.717) is 14.1 Å². The number of benzene rings is 1. The second kappa shape index (κ2) is 3.50. The van der Waals surface area contributed by atoms with Gasteiger partial charge in [0.25, 0.3) is 0 Å². The second-order valence-electron chi connectivity index (χ2n) is 2.69. The molecule has 2 nitrogen and oxygen atoms in total. The molecule has 0 aliphatic heterocycles. The summed E-state index contributed by atoms with van der Waals surface area (Å²) in [5.41, 5.74) is 0. The van der Waals surface area contributed by atoms with Crippen LogP contribution in [-0.4, -0.2) is 25.6 Å². The molecule has 1 aromatic heterocycles. The number of halogens is 2. The van der Waals surface area contributed by atoms with Gasteiger partial charge in [-0.05, 0) is 0 Å². The summed E-state index contributed by atoms with van der Waals surface area (Å²) in [6.45, 7) is 0. The quantitative estimate of drug-likeness (QED) is 0.819. The number of fused-ring (bicyclic) bond motifs is 1. The predicted molar refractivity (Wildman–Crippen MR) is 55.5 cm³/mol. The molecule has 0 radical (unpaired) electrons. The molecule has 0 aliphatic carbocycles. The van der Waals surface area contributed by atoms with Gasteiger partial charge in [0.2, 0.25) is 0 Å². The monoisotopic (exact) mass is 322 g/mol. The summed E-state index contributed by atoms with van der Waals surface area (Å²) < 4.78 is 14.8. The van der Waals surface area contributed by atoms with Crippen LogP contribution in [0, 0.1) is 5.82 Å². The van der Waals surface area contributed by atoms with E-state index in [1.165, 1.54) is 12.1 Å². The van der Waals surface area contributed by atoms with Crippen molar-refractivity contribution < 1.29 is 14.3 Å². The summed E-state index contributed by atoms with van der Waals surface area (Å²) in [6, 6.07) is 4.47. The van der Waals surface area contributed by atoms with Crippen LogP contribution in [-0.2, 0) is 0 Å². The molecule has 0 atom stereocenters. The summed E-state index contributed by atoms with van der Waals surface area (Å²) >= 11 is 2.84. The van der Waals surface area contributed by atoms with E-state index in [1.807, 2.05) is 0 Å². The van der Waals surface area contributed by atoms with Crippen molar-refractivity contribution >= 4 is 46.0 Å². The zero-order chi connectivity index (χ0) is 10.3. The van der Waals surface area contributed by atoms with Gasteiger partial charge >= 0.3 is 93.3 Å². The van der Waals surface area contributed by atoms with E-state index >= 15 is 0 Å². The standard InChI is InChI=1S/C9H4BrFO2Se/c10-5-1-2-6(11)8-4(5)3-7(14-8)9(12)13/h1-3H,(H,12,13). The molecule has 0 unspecified atom stereocenters. The molecule has 2 rings (SSSR count). The van der Waals surface area contributed by atoms with E-state index in [0.717, 1.165) is 4.47 Å². The first-order chi connectivity index (χ1) is 6.59. The average molecular weight is 322 g/mol. The Morgan fingerprint density at radius 2 is 2.21 bits per heavy atom. The fraction of sp³-hybridized carbons (Fsp3) is 0. The first kappa shape index (κ1) is 9.90. The number of hydrogen-bond acceptors (Lipinski definition) is 1. The van der Waals surface area contributed by atoms with Gasteiger partial charge in [-0.25, -0.2) is 0 Å². The molecule has 72 valence electrons. The summed E-state index contributed by atoms with van der Waals surface area (Å²) in [4.78, 5) is 10.7. The molecular formula is C9H4BrFO2Se. The van der Waals surface area contributed by atoms with Crippen LogP contribution in [0.25, 0.3) is 9.65 Å². The van der Waals surface area contributed by atoms with Crippen LogP contribution in [0.2, 0.25) is 0 Å². The van der Waals surface area contributed by atoms with Crippen molar-refractivity contribution in [3.8, 4) is 0 Å². The van der Waals surface area contributed by atoms with E-state index in [1.54, 1.807) is 6.07 Å². The van der Waals surface area contributed by atoms with Crippen LogP contribution in [0.3, 0.4) is 0 Å². The molecule has 1 aromatic carbocycles. The molecule has 5 heteroatoms. The van der Waals surface area contributed by atoms with E-state index in [9.17, 15) is 9.18 Å². The number of rotatable bonds is 1. The first-order valence-corrected chi connectivity index (χ1v) is 6.21. The normalized spacial score (nSPS) is 10.7. The summed E-state index contributed by atoms with van der Waals surface area (Å²) in [5, 5.41) is 9.45. The molecule has 1 heterocycles. The average Bonchev–Trinajstić information content (AvgIpc) is 2.57. The second-order valence-corrected chi connectivity index (χ2v) is 5.75. The minimum absolute atomic E-state index is 0.290. The third-order valence-electron chi connectivity index (χ3n) is 1.79. The molecule has 0 aliphatic rings. The van der Waals surface area contributed by atoms with Crippen molar-refractivity contribution in [2.24, 2.45) is 0 Å². The van der Waals surface area contributed by atoms with Crippen LogP contribution >= 0.6 is 15.9 Å².